The molecule has 0 aliphatic carbocycles. The van der Waals surface area contributed by atoms with E-state index in [1.165, 1.54) is 0 Å². The maximum atomic E-state index is 11.9. The summed E-state index contributed by atoms with van der Waals surface area (Å²) in [6, 6.07) is 2.13. The van der Waals surface area contributed by atoms with Crippen LogP contribution in [0.4, 0.5) is 0 Å². The highest BCUT2D eigenvalue weighted by Crippen LogP contribution is 2.14. The molecule has 1 aliphatic heterocycles. The highest BCUT2D eigenvalue weighted by Gasteiger charge is 2.26. The zero-order chi connectivity index (χ0) is 18.3. The van der Waals surface area contributed by atoms with Crippen LogP contribution in [0.1, 0.15) is 45.1 Å². The summed E-state index contributed by atoms with van der Waals surface area (Å²) in [5.41, 5.74) is 0.924. The third-order valence-electron chi connectivity index (χ3n) is 4.26. The predicted molar refractivity (Wildman–Crippen MR) is 113 cm³/mol. The van der Waals surface area contributed by atoms with Gasteiger partial charge in [-0.3, -0.25) is 0 Å². The number of piperidine rings is 1. The lowest BCUT2D eigenvalue weighted by Crippen LogP contribution is -2.50. The molecule has 2 rings (SSSR count). The Morgan fingerprint density at radius 1 is 1.35 bits per heavy atom. The van der Waals surface area contributed by atoms with Gasteiger partial charge in [-0.25, -0.2) is 17.7 Å². The molecule has 0 radical (unpaired) electrons. The molecule has 0 saturated carbocycles. The van der Waals surface area contributed by atoms with Crippen LogP contribution < -0.4 is 10.6 Å². The van der Waals surface area contributed by atoms with Gasteiger partial charge in [0.15, 0.2) is 11.7 Å². The number of aliphatic imine (C=N–C) groups is 1. The lowest BCUT2D eigenvalue weighted by atomic mass is 10.1. The molecule has 0 unspecified atom stereocenters. The first kappa shape index (κ1) is 23.2. The minimum Gasteiger partial charge on any atom is -0.359 e. The molecular formula is C16H30IN5O3S. The molecule has 1 aromatic rings. The summed E-state index contributed by atoms with van der Waals surface area (Å²) < 4.78 is 30.7. The minimum absolute atomic E-state index is 0. The van der Waals surface area contributed by atoms with Crippen LogP contribution >= 0.6 is 24.0 Å². The number of sulfonamides is 1. The molecule has 26 heavy (non-hydrogen) atoms. The molecule has 10 heteroatoms. The molecule has 2 N–H and O–H groups in total. The van der Waals surface area contributed by atoms with Crippen molar-refractivity contribution in [1.82, 2.24) is 20.1 Å². The number of aryl methyl sites for hydroxylation is 1. The van der Waals surface area contributed by atoms with Gasteiger partial charge in [0.2, 0.25) is 10.0 Å². The van der Waals surface area contributed by atoms with Crippen molar-refractivity contribution >= 4 is 40.0 Å². The summed E-state index contributed by atoms with van der Waals surface area (Å²) in [5, 5.41) is 10.6. The van der Waals surface area contributed by atoms with Gasteiger partial charge in [0, 0.05) is 31.7 Å². The van der Waals surface area contributed by atoms with E-state index in [2.05, 4.69) is 20.8 Å². The first-order valence-electron chi connectivity index (χ1n) is 8.95. The van der Waals surface area contributed by atoms with Crippen molar-refractivity contribution in [3.63, 3.8) is 0 Å². The molecule has 0 amide bonds. The minimum atomic E-state index is -3.09. The van der Waals surface area contributed by atoms with Crippen molar-refractivity contribution < 1.29 is 12.9 Å². The van der Waals surface area contributed by atoms with E-state index in [1.807, 2.05) is 19.9 Å². The highest BCUT2D eigenvalue weighted by atomic mass is 127. The van der Waals surface area contributed by atoms with Gasteiger partial charge in [-0.05, 0) is 33.1 Å². The van der Waals surface area contributed by atoms with E-state index in [0.717, 1.165) is 37.3 Å². The number of nitrogens with zero attached hydrogens (tertiary/aromatic N) is 3. The lowest BCUT2D eigenvalue weighted by molar-refractivity contribution is 0.306. The zero-order valence-electron chi connectivity index (χ0n) is 15.7. The van der Waals surface area contributed by atoms with Crippen molar-refractivity contribution in [2.24, 2.45) is 4.99 Å². The van der Waals surface area contributed by atoms with E-state index < -0.39 is 10.0 Å². The third kappa shape index (κ3) is 6.69. The van der Waals surface area contributed by atoms with Crippen molar-refractivity contribution in [1.29, 1.82) is 0 Å². The average molecular weight is 499 g/mol. The quantitative estimate of drug-likeness (QED) is 0.337. The van der Waals surface area contributed by atoms with E-state index in [0.29, 0.717) is 25.6 Å². The molecular weight excluding hydrogens is 469 g/mol. The Hall–Kier alpha value is -0.880. The molecule has 1 aromatic heterocycles. The maximum Gasteiger partial charge on any atom is 0.213 e. The van der Waals surface area contributed by atoms with Crippen LogP contribution in [-0.4, -0.2) is 55.3 Å². The van der Waals surface area contributed by atoms with E-state index in [-0.39, 0.29) is 35.8 Å². The molecule has 0 bridgehead atoms. The Bertz CT molecular complexity index is 669. The second-order valence-corrected chi connectivity index (χ2v) is 8.31. The summed E-state index contributed by atoms with van der Waals surface area (Å²) >= 11 is 0. The number of guanidine groups is 1. The molecule has 0 spiro atoms. The summed E-state index contributed by atoms with van der Waals surface area (Å²) in [6.45, 7) is 8.00. The van der Waals surface area contributed by atoms with Gasteiger partial charge < -0.3 is 15.2 Å². The van der Waals surface area contributed by atoms with Gasteiger partial charge in [-0.15, -0.1) is 24.0 Å². The summed E-state index contributed by atoms with van der Waals surface area (Å²) in [6.07, 6.45) is 2.38. The van der Waals surface area contributed by atoms with E-state index >= 15 is 0 Å². The van der Waals surface area contributed by atoms with E-state index in [9.17, 15) is 8.42 Å². The Labute approximate surface area is 173 Å². The Morgan fingerprint density at radius 3 is 2.58 bits per heavy atom. The topological polar surface area (TPSA) is 99.8 Å². The van der Waals surface area contributed by atoms with Crippen molar-refractivity contribution in [2.45, 2.75) is 52.6 Å². The number of rotatable bonds is 7. The fourth-order valence-electron chi connectivity index (χ4n) is 2.73. The first-order chi connectivity index (χ1) is 12.0. The molecule has 1 saturated heterocycles. The van der Waals surface area contributed by atoms with Gasteiger partial charge in [0.05, 0.1) is 11.4 Å². The van der Waals surface area contributed by atoms with E-state index in [1.54, 1.807) is 11.2 Å². The van der Waals surface area contributed by atoms with Gasteiger partial charge in [-0.2, -0.15) is 0 Å². The molecule has 1 fully saturated rings. The van der Waals surface area contributed by atoms with Gasteiger partial charge in [-0.1, -0.05) is 12.1 Å². The summed E-state index contributed by atoms with van der Waals surface area (Å²) in [5.74, 6) is 1.61. The zero-order valence-corrected chi connectivity index (χ0v) is 18.8. The van der Waals surface area contributed by atoms with Crippen molar-refractivity contribution in [3.05, 3.63) is 17.5 Å². The van der Waals surface area contributed by atoms with Crippen LogP contribution in [0.15, 0.2) is 15.6 Å². The van der Waals surface area contributed by atoms with E-state index in [4.69, 9.17) is 4.52 Å². The Balaban J connectivity index is 0.00000338. The fraction of sp³-hybridized carbons (Fsp3) is 0.750. The lowest BCUT2D eigenvalue weighted by Gasteiger charge is -2.32. The van der Waals surface area contributed by atoms with Crippen LogP contribution in [-0.2, 0) is 23.0 Å². The number of halogens is 1. The van der Waals surface area contributed by atoms with Crippen LogP contribution in [0, 0.1) is 0 Å². The highest BCUT2D eigenvalue weighted by molar-refractivity contribution is 14.0. The maximum absolute atomic E-state index is 11.9. The molecule has 0 aromatic carbocycles. The molecule has 1 aliphatic rings. The largest absolute Gasteiger partial charge is 0.359 e. The number of nitrogens with one attached hydrogen (secondary N) is 2. The number of hydrogen-bond donors (Lipinski definition) is 2. The van der Waals surface area contributed by atoms with Crippen LogP contribution in [0.25, 0.3) is 0 Å². The monoisotopic (exact) mass is 499 g/mol. The van der Waals surface area contributed by atoms with Crippen molar-refractivity contribution in [3.8, 4) is 0 Å². The summed E-state index contributed by atoms with van der Waals surface area (Å²) in [4.78, 5) is 4.54. The molecule has 2 heterocycles. The number of aromatic nitrogens is 1. The van der Waals surface area contributed by atoms with Gasteiger partial charge >= 0.3 is 0 Å². The standard InChI is InChI=1S/C16H29N5O3S.HI/c1-4-13-11-15(24-20-13)12-18-16(17-5-2)19-14-7-9-21(10-8-14)25(22,23)6-3;/h11,14H,4-10,12H2,1-3H3,(H2,17,18,19);1H. The SMILES string of the molecule is CCNC(=NCc1cc(CC)no1)NC1CCN(S(=O)(=O)CC)CC1.I. The van der Waals surface area contributed by atoms with Crippen LogP contribution in [0.3, 0.4) is 0 Å². The second kappa shape index (κ2) is 11.1. The van der Waals surface area contributed by atoms with Gasteiger partial charge in [0.25, 0.3) is 0 Å². The first-order valence-corrected chi connectivity index (χ1v) is 10.6. The molecule has 150 valence electrons. The normalized spacial score (nSPS) is 17.0. The Morgan fingerprint density at radius 2 is 2.04 bits per heavy atom. The third-order valence-corrected chi connectivity index (χ3v) is 6.14. The van der Waals surface area contributed by atoms with Crippen LogP contribution in [0.5, 0.6) is 0 Å². The number of hydrogen-bond acceptors (Lipinski definition) is 5. The van der Waals surface area contributed by atoms with Crippen LogP contribution in [0.2, 0.25) is 0 Å². The second-order valence-electron chi connectivity index (χ2n) is 6.05. The predicted octanol–water partition coefficient (Wildman–Crippen LogP) is 1.72. The molecule has 8 nitrogen and oxygen atoms in total. The molecule has 0 atom stereocenters. The summed E-state index contributed by atoms with van der Waals surface area (Å²) in [7, 11) is -3.09. The smallest absolute Gasteiger partial charge is 0.213 e. The van der Waals surface area contributed by atoms with Gasteiger partial charge in [0.1, 0.15) is 6.54 Å². The Kier molecular flexibility index (Phi) is 9.86. The fourth-order valence-corrected chi connectivity index (χ4v) is 3.86. The van der Waals surface area contributed by atoms with Crippen molar-refractivity contribution in [2.75, 3.05) is 25.4 Å². The average Bonchev–Trinajstić information content (AvgIpc) is 3.08.